The summed E-state index contributed by atoms with van der Waals surface area (Å²) in [6.07, 6.45) is -5.65. The number of amides is 2. The van der Waals surface area contributed by atoms with E-state index in [0.29, 0.717) is 54.3 Å². The summed E-state index contributed by atoms with van der Waals surface area (Å²) in [7, 11) is 0. The molecule has 0 radical (unpaired) electrons. The Kier molecular flexibility index (Phi) is 9.88. The van der Waals surface area contributed by atoms with Crippen LogP contribution in [-0.4, -0.2) is 57.6 Å². The summed E-state index contributed by atoms with van der Waals surface area (Å²) in [5.41, 5.74) is -0.886. The van der Waals surface area contributed by atoms with Gasteiger partial charge in [-0.25, -0.2) is 14.8 Å². The molecule has 0 bridgehead atoms. The molecule has 1 aromatic carbocycles. The number of fused-ring (bicyclic) bond motifs is 1. The summed E-state index contributed by atoms with van der Waals surface area (Å²) in [6.45, 7) is 7.83. The second-order valence-electron chi connectivity index (χ2n) is 12.0. The number of hydrogen-bond acceptors (Lipinski definition) is 7. The van der Waals surface area contributed by atoms with E-state index < -0.39 is 48.2 Å². The number of rotatable bonds is 7. The van der Waals surface area contributed by atoms with E-state index in [1.54, 1.807) is 31.7 Å². The number of likely N-dealkylation sites (tertiary alicyclic amines) is 1. The van der Waals surface area contributed by atoms with E-state index in [-0.39, 0.29) is 42.1 Å². The summed E-state index contributed by atoms with van der Waals surface area (Å²) < 4.78 is 88.6. The second-order valence-corrected chi connectivity index (χ2v) is 12.0. The number of carbonyl (C=O) groups is 2. The van der Waals surface area contributed by atoms with Gasteiger partial charge < -0.3 is 14.5 Å². The maximum atomic E-state index is 13.9. The van der Waals surface area contributed by atoms with Crippen LogP contribution in [-0.2, 0) is 23.6 Å². The van der Waals surface area contributed by atoms with Crippen molar-refractivity contribution in [2.75, 3.05) is 29.5 Å². The molecule has 1 fully saturated rings. The van der Waals surface area contributed by atoms with Crippen molar-refractivity contribution in [3.8, 4) is 0 Å². The highest BCUT2D eigenvalue weighted by Gasteiger charge is 2.42. The quantitative estimate of drug-likeness (QED) is 0.237. The number of pyridine rings is 1. The van der Waals surface area contributed by atoms with Crippen molar-refractivity contribution >= 4 is 23.6 Å². The first-order valence-electron chi connectivity index (χ1n) is 15.7. The third kappa shape index (κ3) is 7.19. The van der Waals surface area contributed by atoms with Crippen molar-refractivity contribution in [1.82, 2.24) is 19.9 Å². The predicted molar refractivity (Wildman–Crippen MR) is 164 cm³/mol. The van der Waals surface area contributed by atoms with Crippen LogP contribution in [0.3, 0.4) is 0 Å². The van der Waals surface area contributed by atoms with Crippen LogP contribution in [0.15, 0.2) is 36.7 Å². The second kappa shape index (κ2) is 13.6. The largest absolute Gasteiger partial charge is 0.449 e. The number of aromatic nitrogens is 3. The predicted octanol–water partition coefficient (Wildman–Crippen LogP) is 7.66. The molecule has 2 atom stereocenters. The van der Waals surface area contributed by atoms with Crippen LogP contribution >= 0.6 is 0 Å². The zero-order valence-electron chi connectivity index (χ0n) is 27.0. The minimum Gasteiger partial charge on any atom is -0.449 e. The molecule has 15 heteroatoms. The molecule has 3 aromatic rings. The number of hydrogen-bond donors (Lipinski definition) is 0. The van der Waals surface area contributed by atoms with Gasteiger partial charge in [0.15, 0.2) is 0 Å². The average molecular weight is 679 g/mol. The highest BCUT2D eigenvalue weighted by Crippen LogP contribution is 2.45. The maximum absolute atomic E-state index is 13.9. The molecule has 48 heavy (non-hydrogen) atoms. The van der Waals surface area contributed by atoms with Crippen molar-refractivity contribution in [2.24, 2.45) is 0 Å². The molecular weight excluding hydrogens is 642 g/mol. The zero-order valence-corrected chi connectivity index (χ0v) is 27.0. The van der Waals surface area contributed by atoms with Gasteiger partial charge in [-0.1, -0.05) is 6.92 Å². The molecule has 2 unspecified atom stereocenters. The fourth-order valence-electron chi connectivity index (χ4n) is 6.48. The standard InChI is InChI=1S/C33H36F6N6O3/c1-5-25-15-27(26-11-19(3)42-20(4)28(26)45(25)31(47)48-6-2)44(30-40-16-22(17-41-30)29(46)43-9-7-8-10-43)18-21-12-23(32(34,35)36)14-24(13-21)33(37,38)39/h11-14,16-17,25,27H,5-10,15,18H2,1-4H3. The first-order chi connectivity index (χ1) is 22.6. The number of ether oxygens (including phenoxy) is 1. The molecule has 9 nitrogen and oxygen atoms in total. The molecule has 2 amide bonds. The molecule has 2 aliphatic heterocycles. The minimum absolute atomic E-state index is 0.0125. The molecule has 0 N–H and O–H groups in total. The Morgan fingerprint density at radius 2 is 1.54 bits per heavy atom. The van der Waals surface area contributed by atoms with Gasteiger partial charge in [-0.2, -0.15) is 26.3 Å². The number of halogens is 6. The lowest BCUT2D eigenvalue weighted by Crippen LogP contribution is -2.48. The zero-order chi connectivity index (χ0) is 35.0. The van der Waals surface area contributed by atoms with Gasteiger partial charge in [0, 0.05) is 49.3 Å². The number of nitrogens with zero attached hydrogens (tertiary/aromatic N) is 6. The highest BCUT2D eigenvalue weighted by atomic mass is 19.4. The first kappa shape index (κ1) is 34.9. The monoisotopic (exact) mass is 678 g/mol. The summed E-state index contributed by atoms with van der Waals surface area (Å²) in [4.78, 5) is 44.4. The van der Waals surface area contributed by atoms with Crippen LogP contribution in [0.1, 0.15) is 89.6 Å². The van der Waals surface area contributed by atoms with Crippen LogP contribution in [0.25, 0.3) is 0 Å². The molecule has 1 saturated heterocycles. The van der Waals surface area contributed by atoms with Gasteiger partial charge in [-0.05, 0) is 76.3 Å². The molecule has 0 saturated carbocycles. The van der Waals surface area contributed by atoms with Crippen LogP contribution in [0.5, 0.6) is 0 Å². The van der Waals surface area contributed by atoms with Gasteiger partial charge in [0.1, 0.15) is 0 Å². The van der Waals surface area contributed by atoms with E-state index in [2.05, 4.69) is 15.0 Å². The summed E-state index contributed by atoms with van der Waals surface area (Å²) in [6, 6.07) is 1.99. The van der Waals surface area contributed by atoms with E-state index in [4.69, 9.17) is 4.74 Å². The minimum atomic E-state index is -5.04. The molecule has 2 aromatic heterocycles. The van der Waals surface area contributed by atoms with Crippen molar-refractivity contribution in [2.45, 2.75) is 84.4 Å². The molecular formula is C33H36F6N6O3. The summed E-state index contributed by atoms with van der Waals surface area (Å²) in [5.74, 6) is -0.281. The smallest absolute Gasteiger partial charge is 0.416 e. The van der Waals surface area contributed by atoms with Crippen molar-refractivity contribution < 1.29 is 40.7 Å². The van der Waals surface area contributed by atoms with Crippen LogP contribution in [0, 0.1) is 13.8 Å². The molecule has 2 aliphatic rings. The van der Waals surface area contributed by atoms with E-state index in [0.717, 1.165) is 12.8 Å². The number of anilines is 2. The molecule has 0 spiro atoms. The van der Waals surface area contributed by atoms with Crippen molar-refractivity contribution in [3.63, 3.8) is 0 Å². The Hall–Kier alpha value is -4.43. The third-order valence-electron chi connectivity index (χ3n) is 8.63. The molecule has 4 heterocycles. The number of benzene rings is 1. The fourth-order valence-corrected chi connectivity index (χ4v) is 6.48. The van der Waals surface area contributed by atoms with Gasteiger partial charge in [0.05, 0.1) is 40.7 Å². The SMILES string of the molecule is CCOC(=O)N1c2c(cc(C)nc2C)C(N(Cc2cc(C(F)(F)F)cc(C(F)(F)F)c2)c2ncc(C(=O)N3CCCC3)cn2)CC1CC. The van der Waals surface area contributed by atoms with Gasteiger partial charge in [-0.3, -0.25) is 14.7 Å². The molecule has 0 aliphatic carbocycles. The van der Waals surface area contributed by atoms with E-state index in [1.807, 2.05) is 6.92 Å². The number of alkyl halides is 6. The van der Waals surface area contributed by atoms with Crippen LogP contribution in [0.2, 0.25) is 0 Å². The van der Waals surface area contributed by atoms with Crippen molar-refractivity contribution in [1.29, 1.82) is 0 Å². The van der Waals surface area contributed by atoms with Crippen molar-refractivity contribution in [3.05, 3.63) is 75.9 Å². The molecule has 258 valence electrons. The Morgan fingerprint density at radius 3 is 2.08 bits per heavy atom. The van der Waals surface area contributed by atoms with Gasteiger partial charge in [-0.15, -0.1) is 0 Å². The lowest BCUT2D eigenvalue weighted by atomic mass is 9.88. The Bertz CT molecular complexity index is 1620. The topological polar surface area (TPSA) is 91.8 Å². The van der Waals surface area contributed by atoms with Crippen LogP contribution < -0.4 is 9.80 Å². The highest BCUT2D eigenvalue weighted by molar-refractivity contribution is 5.94. The van der Waals surface area contributed by atoms with Crippen LogP contribution in [0.4, 0.5) is 42.8 Å². The first-order valence-corrected chi connectivity index (χ1v) is 15.7. The van der Waals surface area contributed by atoms with E-state index >= 15 is 0 Å². The normalized spacial score (nSPS) is 18.1. The van der Waals surface area contributed by atoms with Gasteiger partial charge in [0.25, 0.3) is 5.91 Å². The van der Waals surface area contributed by atoms with E-state index in [9.17, 15) is 35.9 Å². The number of carbonyl (C=O) groups excluding carboxylic acids is 2. The van der Waals surface area contributed by atoms with E-state index in [1.165, 1.54) is 22.2 Å². The molecule has 5 rings (SSSR count). The average Bonchev–Trinajstić information content (AvgIpc) is 3.57. The Balaban J connectivity index is 1.67. The Labute approximate surface area is 273 Å². The Morgan fingerprint density at radius 1 is 0.938 bits per heavy atom. The lowest BCUT2D eigenvalue weighted by molar-refractivity contribution is -0.143. The third-order valence-corrected chi connectivity index (χ3v) is 8.63. The maximum Gasteiger partial charge on any atom is 0.416 e. The lowest BCUT2D eigenvalue weighted by Gasteiger charge is -2.44. The number of aryl methyl sites for hydroxylation is 2. The van der Waals surface area contributed by atoms with Gasteiger partial charge in [0.2, 0.25) is 5.95 Å². The van der Waals surface area contributed by atoms with Gasteiger partial charge >= 0.3 is 18.4 Å². The summed E-state index contributed by atoms with van der Waals surface area (Å²) >= 11 is 0. The fraction of sp³-hybridized carbons (Fsp3) is 0.485. The summed E-state index contributed by atoms with van der Waals surface area (Å²) in [5, 5.41) is 0.